The maximum atomic E-state index is 11.7. The summed E-state index contributed by atoms with van der Waals surface area (Å²) < 4.78 is 0. The van der Waals surface area contributed by atoms with Gasteiger partial charge < -0.3 is 20.4 Å². The lowest BCUT2D eigenvalue weighted by Gasteiger charge is -2.34. The number of hydrogen-bond acceptors (Lipinski definition) is 4. The molecule has 1 aromatic rings. The number of benzene rings is 1. The maximum absolute atomic E-state index is 11.7. The van der Waals surface area contributed by atoms with E-state index in [1.54, 1.807) is 19.0 Å². The van der Waals surface area contributed by atoms with Crippen LogP contribution in [0.15, 0.2) is 29.3 Å². The predicted octanol–water partition coefficient (Wildman–Crippen LogP) is 1.59. The SMILES string of the molecule is CCNC(=NCc1ccc(CN2CCN(CC)CC2)cc1)NCC(=O)N(C)C.I. The summed E-state index contributed by atoms with van der Waals surface area (Å²) in [6.07, 6.45) is 0. The van der Waals surface area contributed by atoms with E-state index in [2.05, 4.69) is 56.6 Å². The van der Waals surface area contributed by atoms with Gasteiger partial charge in [0, 0.05) is 53.4 Å². The van der Waals surface area contributed by atoms with Crippen molar-refractivity contribution in [2.45, 2.75) is 26.9 Å². The second kappa shape index (κ2) is 13.8. The first-order valence-electron chi connectivity index (χ1n) is 10.3. The molecule has 0 bridgehead atoms. The number of piperazine rings is 1. The quantitative estimate of drug-likeness (QED) is 0.312. The number of rotatable bonds is 8. The van der Waals surface area contributed by atoms with Crippen LogP contribution in [0.25, 0.3) is 0 Å². The van der Waals surface area contributed by atoms with Crippen LogP contribution >= 0.6 is 24.0 Å². The molecule has 2 rings (SSSR count). The van der Waals surface area contributed by atoms with E-state index >= 15 is 0 Å². The third-order valence-electron chi connectivity index (χ3n) is 5.01. The summed E-state index contributed by atoms with van der Waals surface area (Å²) in [5.41, 5.74) is 2.51. The van der Waals surface area contributed by atoms with E-state index in [1.165, 1.54) is 18.7 Å². The fraction of sp³-hybridized carbons (Fsp3) is 0.619. The van der Waals surface area contributed by atoms with Gasteiger partial charge in [-0.15, -0.1) is 24.0 Å². The van der Waals surface area contributed by atoms with Gasteiger partial charge in [-0.3, -0.25) is 9.69 Å². The highest BCUT2D eigenvalue weighted by Gasteiger charge is 2.15. The number of likely N-dealkylation sites (N-methyl/N-ethyl adjacent to an activating group) is 2. The molecule has 1 aliphatic heterocycles. The number of nitrogens with zero attached hydrogens (tertiary/aromatic N) is 4. The summed E-state index contributed by atoms with van der Waals surface area (Å²) in [7, 11) is 3.50. The molecular weight excluding hydrogens is 479 g/mol. The third-order valence-corrected chi connectivity index (χ3v) is 5.01. The fourth-order valence-electron chi connectivity index (χ4n) is 3.10. The topological polar surface area (TPSA) is 63.2 Å². The molecule has 1 fully saturated rings. The number of carbonyl (C=O) groups is 1. The molecule has 0 saturated carbocycles. The number of hydrogen-bond donors (Lipinski definition) is 2. The van der Waals surface area contributed by atoms with Gasteiger partial charge in [-0.2, -0.15) is 0 Å². The van der Waals surface area contributed by atoms with Crippen molar-refractivity contribution < 1.29 is 4.79 Å². The number of halogens is 1. The van der Waals surface area contributed by atoms with Gasteiger partial charge in [-0.1, -0.05) is 31.2 Å². The highest BCUT2D eigenvalue weighted by atomic mass is 127. The zero-order valence-corrected chi connectivity index (χ0v) is 20.6. The molecule has 164 valence electrons. The van der Waals surface area contributed by atoms with Crippen LogP contribution in [0, 0.1) is 0 Å². The second-order valence-electron chi connectivity index (χ2n) is 7.36. The Hall–Kier alpha value is -1.39. The normalized spacial score (nSPS) is 15.5. The van der Waals surface area contributed by atoms with Crippen molar-refractivity contribution in [3.05, 3.63) is 35.4 Å². The largest absolute Gasteiger partial charge is 0.357 e. The summed E-state index contributed by atoms with van der Waals surface area (Å²) in [6, 6.07) is 8.70. The van der Waals surface area contributed by atoms with Crippen molar-refractivity contribution in [2.24, 2.45) is 4.99 Å². The Balaban J connectivity index is 0.00000420. The first-order chi connectivity index (χ1) is 13.5. The summed E-state index contributed by atoms with van der Waals surface area (Å²) in [5.74, 6) is 0.685. The monoisotopic (exact) mass is 516 g/mol. The summed E-state index contributed by atoms with van der Waals surface area (Å²) >= 11 is 0. The van der Waals surface area contributed by atoms with Gasteiger partial charge in [0.15, 0.2) is 5.96 Å². The average Bonchev–Trinajstić information content (AvgIpc) is 2.71. The average molecular weight is 516 g/mol. The minimum Gasteiger partial charge on any atom is -0.357 e. The molecule has 29 heavy (non-hydrogen) atoms. The predicted molar refractivity (Wildman–Crippen MR) is 131 cm³/mol. The van der Waals surface area contributed by atoms with Crippen LogP contribution in [0.3, 0.4) is 0 Å². The fourth-order valence-corrected chi connectivity index (χ4v) is 3.10. The van der Waals surface area contributed by atoms with Crippen LogP contribution in [0.1, 0.15) is 25.0 Å². The van der Waals surface area contributed by atoms with E-state index in [0.29, 0.717) is 12.5 Å². The van der Waals surface area contributed by atoms with E-state index in [4.69, 9.17) is 0 Å². The molecule has 1 heterocycles. The van der Waals surface area contributed by atoms with Crippen molar-refractivity contribution >= 4 is 35.8 Å². The van der Waals surface area contributed by atoms with Gasteiger partial charge in [0.25, 0.3) is 0 Å². The Kier molecular flexibility index (Phi) is 12.2. The van der Waals surface area contributed by atoms with Gasteiger partial charge in [-0.05, 0) is 24.6 Å². The molecule has 1 aliphatic rings. The molecule has 2 N–H and O–H groups in total. The molecule has 0 spiro atoms. The van der Waals surface area contributed by atoms with Gasteiger partial charge in [-0.25, -0.2) is 4.99 Å². The van der Waals surface area contributed by atoms with Gasteiger partial charge in [0.1, 0.15) is 0 Å². The van der Waals surface area contributed by atoms with Crippen molar-refractivity contribution in [2.75, 3.05) is 59.9 Å². The Morgan fingerprint density at radius 3 is 2.14 bits per heavy atom. The van der Waals surface area contributed by atoms with Crippen LogP contribution in [-0.4, -0.2) is 86.5 Å². The van der Waals surface area contributed by atoms with Crippen LogP contribution in [0.4, 0.5) is 0 Å². The first kappa shape index (κ1) is 25.6. The highest BCUT2D eigenvalue weighted by molar-refractivity contribution is 14.0. The van der Waals surface area contributed by atoms with Crippen molar-refractivity contribution in [3.63, 3.8) is 0 Å². The molecular formula is C21H37IN6O. The first-order valence-corrected chi connectivity index (χ1v) is 10.3. The smallest absolute Gasteiger partial charge is 0.241 e. The number of guanidine groups is 1. The van der Waals surface area contributed by atoms with Gasteiger partial charge >= 0.3 is 0 Å². The molecule has 0 atom stereocenters. The summed E-state index contributed by atoms with van der Waals surface area (Å²) in [6.45, 7) is 12.6. The van der Waals surface area contributed by atoms with Crippen molar-refractivity contribution in [1.29, 1.82) is 0 Å². The standard InChI is InChI=1S/C21H36N6O.HI/c1-5-22-21(24-16-20(28)25(3)4)23-15-18-7-9-19(10-8-18)17-27-13-11-26(6-2)12-14-27;/h7-10H,5-6,11-17H2,1-4H3,(H2,22,23,24);1H. The van der Waals surface area contributed by atoms with E-state index in [9.17, 15) is 4.79 Å². The molecule has 0 unspecified atom stereocenters. The van der Waals surface area contributed by atoms with Crippen molar-refractivity contribution in [3.8, 4) is 0 Å². The molecule has 1 saturated heterocycles. The van der Waals surface area contributed by atoms with Crippen molar-refractivity contribution in [1.82, 2.24) is 25.3 Å². The summed E-state index contributed by atoms with van der Waals surface area (Å²) in [4.78, 5) is 22.9. The van der Waals surface area contributed by atoms with Gasteiger partial charge in [0.2, 0.25) is 5.91 Å². The molecule has 0 radical (unpaired) electrons. The van der Waals surface area contributed by atoms with Crippen LogP contribution in [0.2, 0.25) is 0 Å². The molecule has 1 aromatic carbocycles. The van der Waals surface area contributed by atoms with E-state index in [-0.39, 0.29) is 36.4 Å². The lowest BCUT2D eigenvalue weighted by Crippen LogP contribution is -2.45. The Morgan fingerprint density at radius 1 is 1.00 bits per heavy atom. The van der Waals surface area contributed by atoms with E-state index < -0.39 is 0 Å². The van der Waals surface area contributed by atoms with E-state index in [1.807, 2.05) is 6.92 Å². The molecule has 8 heteroatoms. The molecule has 0 aliphatic carbocycles. The summed E-state index contributed by atoms with van der Waals surface area (Å²) in [5, 5.41) is 6.26. The molecule has 0 aromatic heterocycles. The zero-order chi connectivity index (χ0) is 20.4. The number of nitrogens with one attached hydrogen (secondary N) is 2. The number of amides is 1. The zero-order valence-electron chi connectivity index (χ0n) is 18.3. The Labute approximate surface area is 192 Å². The number of aliphatic imine (C=N–C) groups is 1. The Morgan fingerprint density at radius 2 is 1.59 bits per heavy atom. The van der Waals surface area contributed by atoms with Gasteiger partial charge in [0.05, 0.1) is 13.1 Å². The minimum absolute atomic E-state index is 0. The molecule has 1 amide bonds. The van der Waals surface area contributed by atoms with Crippen LogP contribution in [-0.2, 0) is 17.9 Å². The lowest BCUT2D eigenvalue weighted by atomic mass is 10.1. The molecule has 7 nitrogen and oxygen atoms in total. The minimum atomic E-state index is 0. The van der Waals surface area contributed by atoms with E-state index in [0.717, 1.165) is 38.3 Å². The lowest BCUT2D eigenvalue weighted by molar-refractivity contribution is -0.127. The second-order valence-corrected chi connectivity index (χ2v) is 7.36. The van der Waals surface area contributed by atoms with Crippen LogP contribution < -0.4 is 10.6 Å². The van der Waals surface area contributed by atoms with Crippen LogP contribution in [0.5, 0.6) is 0 Å². The maximum Gasteiger partial charge on any atom is 0.241 e. The number of carbonyl (C=O) groups excluding carboxylic acids is 1. The third kappa shape index (κ3) is 9.31. The Bertz CT molecular complexity index is 627. The highest BCUT2D eigenvalue weighted by Crippen LogP contribution is 2.11.